The number of hydrogen-bond donors (Lipinski definition) is 1. The third-order valence-electron chi connectivity index (χ3n) is 2.14. The van der Waals surface area contributed by atoms with E-state index in [4.69, 9.17) is 5.73 Å². The van der Waals surface area contributed by atoms with Crippen molar-refractivity contribution in [2.45, 2.75) is 0 Å². The van der Waals surface area contributed by atoms with Crippen molar-refractivity contribution < 1.29 is 9.18 Å². The summed E-state index contributed by atoms with van der Waals surface area (Å²) in [7, 11) is 1.69. The Hall–Kier alpha value is -1.23. The van der Waals surface area contributed by atoms with Gasteiger partial charge in [0, 0.05) is 30.6 Å². The zero-order valence-corrected chi connectivity index (χ0v) is 10.2. The molecule has 0 fully saturated rings. The molecule has 3 nitrogen and oxygen atoms in total. The zero-order chi connectivity index (χ0) is 12.1. The predicted molar refractivity (Wildman–Crippen MR) is 66.2 cm³/mol. The van der Waals surface area contributed by atoms with Crippen LogP contribution in [0, 0.1) is 5.82 Å². The summed E-state index contributed by atoms with van der Waals surface area (Å²) in [5, 5.41) is 0. The standard InChI is InChI=1S/C11H15FN2OS/c1-14(3-4-16-2)11(15)8-5-9(12)7-10(13)6-8/h5-7H,3-4,13H2,1-2H3. The van der Waals surface area contributed by atoms with Crippen LogP contribution in [-0.4, -0.2) is 36.4 Å². The van der Waals surface area contributed by atoms with Gasteiger partial charge in [0.05, 0.1) is 0 Å². The zero-order valence-electron chi connectivity index (χ0n) is 9.37. The predicted octanol–water partition coefficient (Wildman–Crippen LogP) is 1.84. The first kappa shape index (κ1) is 12.8. The van der Waals surface area contributed by atoms with Crippen LogP contribution < -0.4 is 5.73 Å². The molecule has 1 aromatic carbocycles. The minimum atomic E-state index is -0.485. The second-order valence-electron chi connectivity index (χ2n) is 3.49. The van der Waals surface area contributed by atoms with E-state index in [0.29, 0.717) is 12.1 Å². The van der Waals surface area contributed by atoms with E-state index in [1.54, 1.807) is 23.7 Å². The van der Waals surface area contributed by atoms with Crippen LogP contribution in [0.1, 0.15) is 10.4 Å². The summed E-state index contributed by atoms with van der Waals surface area (Å²) < 4.78 is 13.0. The Morgan fingerprint density at radius 3 is 2.75 bits per heavy atom. The van der Waals surface area contributed by atoms with E-state index in [2.05, 4.69) is 0 Å². The number of amides is 1. The number of carbonyl (C=O) groups excluding carboxylic acids is 1. The number of nitrogens with zero attached hydrogens (tertiary/aromatic N) is 1. The summed E-state index contributed by atoms with van der Waals surface area (Å²) in [5.41, 5.74) is 6.04. The number of carbonyl (C=O) groups is 1. The molecule has 0 heterocycles. The molecular weight excluding hydrogens is 227 g/mol. The smallest absolute Gasteiger partial charge is 0.253 e. The summed E-state index contributed by atoms with van der Waals surface area (Å²) in [6.45, 7) is 0.635. The first-order valence-electron chi connectivity index (χ1n) is 4.85. The largest absolute Gasteiger partial charge is 0.399 e. The van der Waals surface area contributed by atoms with Gasteiger partial charge in [-0.3, -0.25) is 4.79 Å². The number of hydrogen-bond acceptors (Lipinski definition) is 3. The maximum atomic E-state index is 13.0. The van der Waals surface area contributed by atoms with Crippen LogP contribution in [0.25, 0.3) is 0 Å². The van der Waals surface area contributed by atoms with E-state index in [9.17, 15) is 9.18 Å². The second-order valence-corrected chi connectivity index (χ2v) is 4.48. The van der Waals surface area contributed by atoms with Crippen LogP contribution >= 0.6 is 11.8 Å². The maximum absolute atomic E-state index is 13.0. The topological polar surface area (TPSA) is 46.3 Å². The van der Waals surface area contributed by atoms with Gasteiger partial charge in [-0.25, -0.2) is 4.39 Å². The molecule has 0 bridgehead atoms. The van der Waals surface area contributed by atoms with Crippen LogP contribution in [0.5, 0.6) is 0 Å². The van der Waals surface area contributed by atoms with Crippen LogP contribution in [0.3, 0.4) is 0 Å². The molecule has 5 heteroatoms. The number of benzene rings is 1. The van der Waals surface area contributed by atoms with Gasteiger partial charge in [0.1, 0.15) is 5.82 Å². The Labute approximate surface area is 98.8 Å². The molecule has 0 atom stereocenters. The summed E-state index contributed by atoms with van der Waals surface area (Å²) in [4.78, 5) is 13.4. The molecule has 1 aromatic rings. The van der Waals surface area contributed by atoms with E-state index in [1.807, 2.05) is 6.26 Å². The number of thioether (sulfide) groups is 1. The monoisotopic (exact) mass is 242 g/mol. The Bertz CT molecular complexity index is 364. The molecule has 0 saturated carbocycles. The highest BCUT2D eigenvalue weighted by Gasteiger charge is 2.12. The van der Waals surface area contributed by atoms with Gasteiger partial charge in [0.15, 0.2) is 0 Å². The van der Waals surface area contributed by atoms with Gasteiger partial charge in [-0.15, -0.1) is 0 Å². The second kappa shape index (κ2) is 5.75. The normalized spacial score (nSPS) is 10.2. The Balaban J connectivity index is 2.79. The summed E-state index contributed by atoms with van der Waals surface area (Å²) in [6, 6.07) is 3.88. The molecule has 16 heavy (non-hydrogen) atoms. The molecule has 88 valence electrons. The third kappa shape index (κ3) is 3.41. The minimum Gasteiger partial charge on any atom is -0.399 e. The lowest BCUT2D eigenvalue weighted by Gasteiger charge is -2.16. The van der Waals surface area contributed by atoms with E-state index in [0.717, 1.165) is 5.75 Å². The summed E-state index contributed by atoms with van der Waals surface area (Å²) in [5.74, 6) is 0.161. The first-order valence-corrected chi connectivity index (χ1v) is 6.24. The third-order valence-corrected chi connectivity index (χ3v) is 2.74. The Morgan fingerprint density at radius 2 is 2.19 bits per heavy atom. The number of nitrogens with two attached hydrogens (primary N) is 1. The lowest BCUT2D eigenvalue weighted by Crippen LogP contribution is -2.29. The van der Waals surface area contributed by atoms with Gasteiger partial charge in [-0.05, 0) is 24.5 Å². The number of halogens is 1. The lowest BCUT2D eigenvalue weighted by molar-refractivity contribution is 0.0803. The van der Waals surface area contributed by atoms with Gasteiger partial charge in [-0.1, -0.05) is 0 Å². The molecule has 0 aliphatic carbocycles. The maximum Gasteiger partial charge on any atom is 0.253 e. The van der Waals surface area contributed by atoms with Crippen LogP contribution in [0.15, 0.2) is 18.2 Å². The highest BCUT2D eigenvalue weighted by atomic mass is 32.2. The molecular formula is C11H15FN2OS. The van der Waals surface area contributed by atoms with Crippen molar-refractivity contribution in [1.82, 2.24) is 4.90 Å². The molecule has 1 rings (SSSR count). The van der Waals surface area contributed by atoms with E-state index >= 15 is 0 Å². The molecule has 0 unspecified atom stereocenters. The number of nitrogen functional groups attached to an aromatic ring is 1. The van der Waals surface area contributed by atoms with Crippen LogP contribution in [0.2, 0.25) is 0 Å². The highest BCUT2D eigenvalue weighted by Crippen LogP contribution is 2.12. The van der Waals surface area contributed by atoms with Crippen molar-refractivity contribution in [1.29, 1.82) is 0 Å². The van der Waals surface area contributed by atoms with Crippen molar-refractivity contribution in [2.24, 2.45) is 0 Å². The average molecular weight is 242 g/mol. The summed E-state index contributed by atoms with van der Waals surface area (Å²) in [6.07, 6.45) is 1.97. The molecule has 2 N–H and O–H groups in total. The number of rotatable bonds is 4. The SMILES string of the molecule is CSCCN(C)C(=O)c1cc(N)cc(F)c1. The first-order chi connectivity index (χ1) is 7.54. The fourth-order valence-electron chi connectivity index (χ4n) is 1.29. The molecule has 0 spiro atoms. The van der Waals surface area contributed by atoms with Crippen molar-refractivity contribution in [3.63, 3.8) is 0 Å². The summed E-state index contributed by atoms with van der Waals surface area (Å²) >= 11 is 1.66. The van der Waals surface area contributed by atoms with E-state index < -0.39 is 5.82 Å². The minimum absolute atomic E-state index is 0.208. The van der Waals surface area contributed by atoms with E-state index in [-0.39, 0.29) is 11.6 Å². The van der Waals surface area contributed by atoms with Crippen molar-refractivity contribution in [3.05, 3.63) is 29.6 Å². The Kier molecular flexibility index (Phi) is 4.61. The van der Waals surface area contributed by atoms with Gasteiger partial charge in [0.2, 0.25) is 0 Å². The van der Waals surface area contributed by atoms with Gasteiger partial charge in [0.25, 0.3) is 5.91 Å². The van der Waals surface area contributed by atoms with Crippen molar-refractivity contribution >= 4 is 23.4 Å². The molecule has 1 amide bonds. The fraction of sp³-hybridized carbons (Fsp3) is 0.364. The van der Waals surface area contributed by atoms with Crippen molar-refractivity contribution in [3.8, 4) is 0 Å². The van der Waals surface area contributed by atoms with E-state index in [1.165, 1.54) is 18.2 Å². The van der Waals surface area contributed by atoms with Crippen molar-refractivity contribution in [2.75, 3.05) is 31.3 Å². The van der Waals surface area contributed by atoms with Gasteiger partial charge >= 0.3 is 0 Å². The molecule has 0 radical (unpaired) electrons. The quantitative estimate of drug-likeness (QED) is 0.819. The number of anilines is 1. The lowest BCUT2D eigenvalue weighted by atomic mass is 10.1. The highest BCUT2D eigenvalue weighted by molar-refractivity contribution is 7.98. The Morgan fingerprint density at radius 1 is 1.50 bits per heavy atom. The van der Waals surface area contributed by atoms with Gasteiger partial charge in [-0.2, -0.15) is 11.8 Å². The average Bonchev–Trinajstić information content (AvgIpc) is 2.23. The van der Waals surface area contributed by atoms with Crippen LogP contribution in [0.4, 0.5) is 10.1 Å². The fourth-order valence-corrected chi connectivity index (χ4v) is 1.74. The van der Waals surface area contributed by atoms with Gasteiger partial charge < -0.3 is 10.6 Å². The molecule has 0 aliphatic rings. The molecule has 0 aliphatic heterocycles. The molecule has 0 saturated heterocycles. The molecule has 0 aromatic heterocycles. The van der Waals surface area contributed by atoms with Crippen LogP contribution in [-0.2, 0) is 0 Å².